The van der Waals surface area contributed by atoms with E-state index in [1.807, 2.05) is 20.8 Å². The van der Waals surface area contributed by atoms with Gasteiger partial charge in [0.1, 0.15) is 5.75 Å². The number of rotatable bonds is 10. The van der Waals surface area contributed by atoms with Crippen molar-refractivity contribution < 1.29 is 22.7 Å². The van der Waals surface area contributed by atoms with E-state index >= 15 is 0 Å². The fourth-order valence-electron chi connectivity index (χ4n) is 2.95. The van der Waals surface area contributed by atoms with Gasteiger partial charge in [-0.1, -0.05) is 17.7 Å². The molecule has 1 amide bonds. The Morgan fingerprint density at radius 1 is 1.17 bits per heavy atom. The van der Waals surface area contributed by atoms with Gasteiger partial charge in [0.2, 0.25) is 10.0 Å². The van der Waals surface area contributed by atoms with Crippen LogP contribution in [-0.2, 0) is 21.3 Å². The summed E-state index contributed by atoms with van der Waals surface area (Å²) in [5.74, 6) is 0.290. The Balaban J connectivity index is 2.29. The molecule has 1 N–H and O–H groups in total. The number of hydrogen-bond acceptors (Lipinski definition) is 5. The van der Waals surface area contributed by atoms with E-state index in [0.29, 0.717) is 30.1 Å². The molecule has 0 radical (unpaired) electrons. The number of benzene rings is 2. The van der Waals surface area contributed by atoms with E-state index in [0.717, 1.165) is 5.56 Å². The zero-order valence-corrected chi connectivity index (χ0v) is 19.0. The van der Waals surface area contributed by atoms with Crippen molar-refractivity contribution in [2.45, 2.75) is 38.3 Å². The second kappa shape index (κ2) is 10.6. The maximum atomic E-state index is 12.9. The van der Waals surface area contributed by atoms with E-state index in [1.54, 1.807) is 49.6 Å². The average molecular weight is 435 g/mol. The molecule has 0 saturated carbocycles. The van der Waals surface area contributed by atoms with Gasteiger partial charge >= 0.3 is 0 Å². The molecular formula is C22H30N2O5S. The van der Waals surface area contributed by atoms with Crippen LogP contribution in [0.1, 0.15) is 35.3 Å². The maximum Gasteiger partial charge on any atom is 0.251 e. The molecule has 1 atom stereocenters. The summed E-state index contributed by atoms with van der Waals surface area (Å²) in [5, 5.41) is 2.85. The molecule has 0 unspecified atom stereocenters. The van der Waals surface area contributed by atoms with Gasteiger partial charge < -0.3 is 14.8 Å². The monoisotopic (exact) mass is 434 g/mol. The van der Waals surface area contributed by atoms with E-state index < -0.39 is 10.0 Å². The highest BCUT2D eigenvalue weighted by Gasteiger charge is 2.23. The third-order valence-electron chi connectivity index (χ3n) is 4.54. The van der Waals surface area contributed by atoms with Gasteiger partial charge in [0, 0.05) is 37.9 Å². The summed E-state index contributed by atoms with van der Waals surface area (Å²) in [6, 6.07) is 11.6. The molecule has 0 bridgehead atoms. The van der Waals surface area contributed by atoms with E-state index in [4.69, 9.17) is 9.47 Å². The summed E-state index contributed by atoms with van der Waals surface area (Å²) in [4.78, 5) is 12.8. The lowest BCUT2D eigenvalue weighted by atomic mass is 10.1. The Bertz CT molecular complexity index is 958. The minimum Gasteiger partial charge on any atom is -0.494 e. The van der Waals surface area contributed by atoms with Crippen molar-refractivity contribution in [2.24, 2.45) is 0 Å². The molecule has 0 heterocycles. The molecule has 2 rings (SSSR count). The van der Waals surface area contributed by atoms with E-state index in [9.17, 15) is 13.2 Å². The van der Waals surface area contributed by atoms with Crippen LogP contribution in [0.25, 0.3) is 0 Å². The van der Waals surface area contributed by atoms with Gasteiger partial charge in [0.05, 0.1) is 18.1 Å². The van der Waals surface area contributed by atoms with Crippen LogP contribution in [0.3, 0.4) is 0 Å². The van der Waals surface area contributed by atoms with Crippen molar-refractivity contribution in [3.05, 3.63) is 59.2 Å². The summed E-state index contributed by atoms with van der Waals surface area (Å²) in [7, 11) is -0.601. The normalized spacial score (nSPS) is 12.6. The summed E-state index contributed by atoms with van der Waals surface area (Å²) >= 11 is 0. The van der Waals surface area contributed by atoms with Crippen molar-refractivity contribution in [1.29, 1.82) is 0 Å². The predicted octanol–water partition coefficient (Wildman–Crippen LogP) is 2.98. The average Bonchev–Trinajstić information content (AvgIpc) is 2.69. The molecule has 0 fully saturated rings. The van der Waals surface area contributed by atoms with Gasteiger partial charge in [-0.05, 0) is 51.1 Å². The second-order valence-electron chi connectivity index (χ2n) is 7.16. The van der Waals surface area contributed by atoms with Crippen molar-refractivity contribution in [3.63, 3.8) is 0 Å². The Morgan fingerprint density at radius 2 is 1.83 bits per heavy atom. The molecule has 0 spiro atoms. The summed E-state index contributed by atoms with van der Waals surface area (Å²) < 4.78 is 37.8. The molecule has 30 heavy (non-hydrogen) atoms. The highest BCUT2D eigenvalue weighted by molar-refractivity contribution is 7.89. The van der Waals surface area contributed by atoms with Gasteiger partial charge in [0.15, 0.2) is 0 Å². The molecule has 2 aromatic carbocycles. The molecule has 8 heteroatoms. The Kier molecular flexibility index (Phi) is 8.40. The standard InChI is InChI=1S/C22H30N2O5S/c1-6-29-21-12-9-18(22(25)23-17(3)15-28-5)13-19(21)14-24(4)30(26,27)20-10-7-16(2)8-11-20/h7-13,17H,6,14-15H2,1-5H3,(H,23,25)/t17-/m1/s1. The first kappa shape index (κ1) is 23.9. The number of aryl methyl sites for hydroxylation is 1. The predicted molar refractivity (Wildman–Crippen MR) is 116 cm³/mol. The molecule has 0 aliphatic carbocycles. The minimum atomic E-state index is -3.68. The van der Waals surface area contributed by atoms with Crippen molar-refractivity contribution in [3.8, 4) is 5.75 Å². The maximum absolute atomic E-state index is 12.9. The molecule has 0 aliphatic heterocycles. The lowest BCUT2D eigenvalue weighted by Crippen LogP contribution is -2.35. The third kappa shape index (κ3) is 6.04. The molecule has 0 aliphatic rings. The fraction of sp³-hybridized carbons (Fsp3) is 0.409. The van der Waals surface area contributed by atoms with Crippen LogP contribution in [0.5, 0.6) is 5.75 Å². The zero-order valence-electron chi connectivity index (χ0n) is 18.1. The van der Waals surface area contributed by atoms with Crippen LogP contribution in [-0.4, -0.2) is 52.0 Å². The van der Waals surface area contributed by atoms with Crippen molar-refractivity contribution >= 4 is 15.9 Å². The quantitative estimate of drug-likeness (QED) is 0.621. The van der Waals surface area contributed by atoms with Gasteiger partial charge in [0.25, 0.3) is 5.91 Å². The van der Waals surface area contributed by atoms with Crippen LogP contribution < -0.4 is 10.1 Å². The van der Waals surface area contributed by atoms with E-state index in [-0.39, 0.29) is 23.4 Å². The Labute approximate surface area is 179 Å². The van der Waals surface area contributed by atoms with Crippen LogP contribution in [0, 0.1) is 6.92 Å². The van der Waals surface area contributed by atoms with Crippen LogP contribution in [0.15, 0.2) is 47.4 Å². The lowest BCUT2D eigenvalue weighted by molar-refractivity contribution is 0.0905. The van der Waals surface area contributed by atoms with Crippen LogP contribution >= 0.6 is 0 Å². The highest BCUT2D eigenvalue weighted by Crippen LogP contribution is 2.25. The number of carbonyl (C=O) groups is 1. The number of nitrogens with zero attached hydrogens (tertiary/aromatic N) is 1. The number of sulfonamides is 1. The SMILES string of the molecule is CCOc1ccc(C(=O)N[C@H](C)COC)cc1CN(C)S(=O)(=O)c1ccc(C)cc1. The molecule has 0 aromatic heterocycles. The number of hydrogen-bond donors (Lipinski definition) is 1. The molecular weight excluding hydrogens is 404 g/mol. The summed E-state index contributed by atoms with van der Waals surface area (Å²) in [6.07, 6.45) is 0. The number of nitrogens with one attached hydrogen (secondary N) is 1. The van der Waals surface area contributed by atoms with Gasteiger partial charge in [-0.25, -0.2) is 8.42 Å². The minimum absolute atomic E-state index is 0.0697. The largest absolute Gasteiger partial charge is 0.494 e. The smallest absolute Gasteiger partial charge is 0.251 e. The zero-order chi connectivity index (χ0) is 22.3. The molecule has 164 valence electrons. The van der Waals surface area contributed by atoms with Crippen molar-refractivity contribution in [1.82, 2.24) is 9.62 Å². The van der Waals surface area contributed by atoms with E-state index in [2.05, 4.69) is 5.32 Å². The first-order valence-corrected chi connectivity index (χ1v) is 11.2. The number of ether oxygens (including phenoxy) is 2. The number of amides is 1. The highest BCUT2D eigenvalue weighted by atomic mass is 32.2. The van der Waals surface area contributed by atoms with Gasteiger partial charge in [-0.2, -0.15) is 4.31 Å². The summed E-state index contributed by atoms with van der Waals surface area (Å²) in [5.41, 5.74) is 2.02. The van der Waals surface area contributed by atoms with Crippen LogP contribution in [0.2, 0.25) is 0 Å². The first-order valence-electron chi connectivity index (χ1n) is 9.77. The second-order valence-corrected chi connectivity index (χ2v) is 9.20. The van der Waals surface area contributed by atoms with Gasteiger partial charge in [-0.15, -0.1) is 0 Å². The molecule has 2 aromatic rings. The van der Waals surface area contributed by atoms with Crippen LogP contribution in [0.4, 0.5) is 0 Å². The Morgan fingerprint density at radius 3 is 2.43 bits per heavy atom. The molecule has 7 nitrogen and oxygen atoms in total. The summed E-state index contributed by atoms with van der Waals surface area (Å²) in [6.45, 7) is 6.49. The fourth-order valence-corrected chi connectivity index (χ4v) is 4.10. The van der Waals surface area contributed by atoms with E-state index in [1.165, 1.54) is 11.4 Å². The van der Waals surface area contributed by atoms with Crippen molar-refractivity contribution in [2.75, 3.05) is 27.4 Å². The number of carbonyl (C=O) groups excluding carboxylic acids is 1. The van der Waals surface area contributed by atoms with Gasteiger partial charge in [-0.3, -0.25) is 4.79 Å². The molecule has 0 saturated heterocycles. The third-order valence-corrected chi connectivity index (χ3v) is 6.36. The number of methoxy groups -OCH3 is 1. The lowest BCUT2D eigenvalue weighted by Gasteiger charge is -2.20. The topological polar surface area (TPSA) is 84.9 Å². The first-order chi connectivity index (χ1) is 14.2. The Hall–Kier alpha value is -2.42.